The molecule has 15 rings (SSSR count). The van der Waals surface area contributed by atoms with Crippen molar-refractivity contribution >= 4 is 99.5 Å². The summed E-state index contributed by atoms with van der Waals surface area (Å²) in [6.07, 6.45) is 10.7. The molecule has 6 bridgehead atoms. The number of carbonyl (C=O) groups excluding carboxylic acids is 6. The number of carbonyl (C=O) groups is 8. The summed E-state index contributed by atoms with van der Waals surface area (Å²) < 4.78 is 95.7. The third-order valence-electron chi connectivity index (χ3n) is 22.0. The molecule has 8 aromatic rings. The van der Waals surface area contributed by atoms with Gasteiger partial charge in [0.2, 0.25) is 11.8 Å². The number of fused-ring (bicyclic) bond motifs is 16. The zero-order valence-corrected chi connectivity index (χ0v) is 64.9. The van der Waals surface area contributed by atoms with Gasteiger partial charge in [0, 0.05) is 65.4 Å². The highest BCUT2D eigenvalue weighted by Gasteiger charge is 2.51. The van der Waals surface area contributed by atoms with E-state index in [1.807, 2.05) is 0 Å². The molecule has 2 spiro atoms. The van der Waals surface area contributed by atoms with E-state index in [9.17, 15) is 61.7 Å². The number of aromatic nitrogens is 3. The molecule has 8 atom stereocenters. The number of carboxylic acid groups (broad SMARTS) is 2. The minimum absolute atomic E-state index is 0.0530. The van der Waals surface area contributed by atoms with Crippen LogP contribution in [0.1, 0.15) is 163 Å². The second-order valence-corrected chi connectivity index (χ2v) is 30.4. The van der Waals surface area contributed by atoms with Gasteiger partial charge in [-0.25, -0.2) is 45.9 Å². The fourth-order valence-corrected chi connectivity index (χ4v) is 16.8. The monoisotopic (exact) mass is 1630 g/mol. The highest BCUT2D eigenvalue weighted by atomic mass is 35.5. The molecule has 0 radical (unpaired) electrons. The Morgan fingerprint density at radius 1 is 0.457 bits per heavy atom. The van der Waals surface area contributed by atoms with Gasteiger partial charge in [0.05, 0.1) is 93.7 Å². The van der Waals surface area contributed by atoms with Crippen molar-refractivity contribution in [2.75, 3.05) is 66.0 Å². The predicted molar refractivity (Wildman–Crippen MR) is 421 cm³/mol. The molecule has 4 amide bonds. The van der Waals surface area contributed by atoms with E-state index in [1.165, 1.54) is 72.9 Å². The molecule has 3 aromatic heterocycles. The summed E-state index contributed by atoms with van der Waals surface area (Å²) >= 11 is 12.2. The molecular formula is C85H85Cl2F5N10O14. The number of aliphatic carboxylic acids is 2. The summed E-state index contributed by atoms with van der Waals surface area (Å²) in [7, 11) is 0. The number of likely N-dealkylation sites (tertiary alicyclic amines) is 2. The largest absolute Gasteiger partial charge is 0.481 e. The van der Waals surface area contributed by atoms with E-state index in [2.05, 4.69) is 41.5 Å². The van der Waals surface area contributed by atoms with E-state index >= 15 is 8.78 Å². The first-order valence-electron chi connectivity index (χ1n) is 38.7. The lowest BCUT2D eigenvalue weighted by molar-refractivity contribution is -0.145. The Morgan fingerprint density at radius 3 is 1.17 bits per heavy atom. The van der Waals surface area contributed by atoms with Crippen LogP contribution in [0.15, 0.2) is 134 Å². The molecule has 24 nitrogen and oxygen atoms in total. The van der Waals surface area contributed by atoms with E-state index in [4.69, 9.17) is 42.1 Å². The van der Waals surface area contributed by atoms with Crippen LogP contribution in [-0.2, 0) is 58.9 Å². The number of hydrogen-bond acceptors (Lipinski definition) is 18. The maximum atomic E-state index is 15.5. The van der Waals surface area contributed by atoms with Crippen molar-refractivity contribution in [3.8, 4) is 33.4 Å². The van der Waals surface area contributed by atoms with Crippen LogP contribution < -0.4 is 26.6 Å². The van der Waals surface area contributed by atoms with Gasteiger partial charge in [-0.15, -0.1) is 0 Å². The summed E-state index contributed by atoms with van der Waals surface area (Å²) in [5.74, 6) is -8.19. The Balaban J connectivity index is 0.000000156. The van der Waals surface area contributed by atoms with E-state index in [0.29, 0.717) is 183 Å². The van der Waals surface area contributed by atoms with Crippen LogP contribution in [0.3, 0.4) is 0 Å². The Bertz CT molecular complexity index is 5110. The third kappa shape index (κ3) is 18.3. The number of halogens is 7. The van der Waals surface area contributed by atoms with Crippen LogP contribution in [-0.4, -0.2) is 140 Å². The van der Waals surface area contributed by atoms with Crippen molar-refractivity contribution in [3.05, 3.63) is 201 Å². The highest BCUT2D eigenvalue weighted by Crippen LogP contribution is 2.49. The zero-order valence-electron chi connectivity index (χ0n) is 63.4. The Labute approximate surface area is 674 Å². The Hall–Kier alpha value is -11.5. The number of anilines is 5. The summed E-state index contributed by atoms with van der Waals surface area (Å²) in [6.45, 7) is 4.58. The van der Waals surface area contributed by atoms with Gasteiger partial charge in [0.15, 0.2) is 22.8 Å². The minimum Gasteiger partial charge on any atom is -0.481 e. The van der Waals surface area contributed by atoms with E-state index in [0.717, 1.165) is 0 Å². The second kappa shape index (κ2) is 36.1. The molecule has 5 aromatic carbocycles. The normalized spacial score (nSPS) is 22.2. The summed E-state index contributed by atoms with van der Waals surface area (Å²) in [5.41, 5.74) is 4.30. The second-order valence-electron chi connectivity index (χ2n) is 29.6. The van der Waals surface area contributed by atoms with Crippen LogP contribution in [0.2, 0.25) is 10.0 Å². The number of amides is 4. The fourth-order valence-electron chi connectivity index (χ4n) is 16.5. The summed E-state index contributed by atoms with van der Waals surface area (Å²) in [5, 5.41) is 33.8. The molecule has 31 heteroatoms. The number of benzene rings is 5. The molecule has 116 heavy (non-hydrogen) atoms. The topological polar surface area (TPSA) is 319 Å². The average Bonchev–Trinajstić information content (AvgIpc) is 0.741. The number of pyridine rings is 3. The van der Waals surface area contributed by atoms with Crippen LogP contribution >= 0.6 is 23.2 Å². The number of ether oxygens (including phenoxy) is 4. The van der Waals surface area contributed by atoms with Crippen LogP contribution in [0.4, 0.5) is 60.0 Å². The van der Waals surface area contributed by atoms with Crippen molar-refractivity contribution in [2.24, 2.45) is 0 Å². The smallest absolute Gasteiger partial charge is 0.412 e. The number of rotatable bonds is 8. The number of nitrogens with one attached hydrogen (secondary N) is 5. The summed E-state index contributed by atoms with van der Waals surface area (Å²) in [6, 6.07) is 26.5. The minimum atomic E-state index is -1.42. The lowest BCUT2D eigenvalue weighted by atomic mass is 9.82. The quantitative estimate of drug-likeness (QED) is 0.0422. The van der Waals surface area contributed by atoms with Crippen molar-refractivity contribution in [1.29, 1.82) is 0 Å². The van der Waals surface area contributed by atoms with Gasteiger partial charge in [0.1, 0.15) is 35.6 Å². The first kappa shape index (κ1) is 82.5. The molecule has 2 saturated heterocycles. The SMILES string of the molecule is CCOC(=O)C1CCCCC(C(=O)N2CCC[C@@]3(C2)OC(=O)Nc2ccc(Cl)c(F)c23)c2cc(ccn2)-c2cc(F)ccc2N1.CCOC(=O)C1CCCCC(C(=O)O)c2cc(ccn2)-c2cc(F)ccc2N1.O=C1Nc2ccc(Cl)c(F)c2[C@@]2(CCCN(C(=O)C3CCCCC(C(=O)O)Nc4ccc(F)cc4-c4ccnc3c4)C2)O1. The number of hydrogen-bond donors (Lipinski definition) is 7. The van der Waals surface area contributed by atoms with E-state index < -0.39 is 106 Å². The Morgan fingerprint density at radius 2 is 0.802 bits per heavy atom. The van der Waals surface area contributed by atoms with Gasteiger partial charge in [-0.1, -0.05) is 61.7 Å². The average molecular weight is 1640 g/mol. The lowest BCUT2D eigenvalue weighted by Gasteiger charge is -2.45. The van der Waals surface area contributed by atoms with Crippen LogP contribution in [0.5, 0.6) is 0 Å². The van der Waals surface area contributed by atoms with Crippen molar-refractivity contribution in [1.82, 2.24) is 24.8 Å². The van der Waals surface area contributed by atoms with Gasteiger partial charge in [-0.3, -0.25) is 40.0 Å². The van der Waals surface area contributed by atoms with Crippen LogP contribution in [0, 0.1) is 29.1 Å². The standard InChI is InChI=1S/C33H33ClF2N4O5.C31H29ClF2N4O5.C21H23FN2O4/c1-2-44-31(42)26-7-4-3-6-21(27-16-19(12-14-37-27)22-17-20(35)8-10-24(22)38-26)30(41)40-15-5-13-33(18-40)28-25(39-32(43)45-33)11-9-23(34)29(28)36;32-21-7-9-23-26(27(21)34)31(43-30(42)37-23)11-3-13-38(16-31)28(39)19-4-1-2-5-24(29(40)41)36-22-8-6-18(33)15-20(22)17-10-12-35-25(19)14-17;1-2-28-21(27)18-6-4-3-5-15(20(25)26)19-11-13(9-10-23-19)16-12-14(22)7-8-17(16)24-18/h8-12,14,16-17,21,26,38H,2-7,13,15,18H2,1H3,(H,39,43);6-10,12,14-15,19,24,36H,1-5,11,13,16H2,(H,37,42)(H,40,41);7-12,15,18,24H,2-6H2,1H3,(H,25,26)/t21?,26?,33-;19?,24?,31-;/m00./s1. The van der Waals surface area contributed by atoms with Crippen molar-refractivity contribution in [2.45, 2.75) is 164 Å². The number of esters is 2. The number of nitrogens with zero attached hydrogens (tertiary/aromatic N) is 5. The number of carboxylic acids is 2. The molecule has 7 aliphatic rings. The van der Waals surface area contributed by atoms with Gasteiger partial charge < -0.3 is 54.9 Å². The van der Waals surface area contributed by atoms with Crippen LogP contribution in [0.25, 0.3) is 33.4 Å². The molecule has 6 unspecified atom stereocenters. The Kier molecular flexibility index (Phi) is 25.7. The molecular weight excluding hydrogens is 1550 g/mol. The van der Waals surface area contributed by atoms with E-state index in [-0.39, 0.29) is 76.6 Å². The van der Waals surface area contributed by atoms with Gasteiger partial charge >= 0.3 is 36.1 Å². The van der Waals surface area contributed by atoms with Gasteiger partial charge in [0.25, 0.3) is 0 Å². The maximum Gasteiger partial charge on any atom is 0.412 e. The molecule has 10 heterocycles. The van der Waals surface area contributed by atoms with E-state index in [1.54, 1.807) is 84.6 Å². The first-order valence-corrected chi connectivity index (χ1v) is 39.5. The molecule has 608 valence electrons. The maximum absolute atomic E-state index is 15.5. The fraction of sp³-hybridized carbons (Fsp3) is 0.376. The zero-order chi connectivity index (χ0) is 82.1. The third-order valence-corrected chi connectivity index (χ3v) is 22.6. The molecule has 0 saturated carbocycles. The number of piperidine rings is 2. The molecule has 0 aliphatic carbocycles. The van der Waals surface area contributed by atoms with Crippen molar-refractivity contribution in [3.63, 3.8) is 0 Å². The van der Waals surface area contributed by atoms with Crippen molar-refractivity contribution < 1.29 is 89.5 Å². The molecule has 7 aliphatic heterocycles. The lowest BCUT2D eigenvalue weighted by Crippen LogP contribution is -2.54. The molecule has 7 N–H and O–H groups in total. The predicted octanol–water partition coefficient (Wildman–Crippen LogP) is 17.0. The van der Waals surface area contributed by atoms with Gasteiger partial charge in [-0.05, 0) is 210 Å². The van der Waals surface area contributed by atoms with Gasteiger partial charge in [-0.2, -0.15) is 0 Å². The summed E-state index contributed by atoms with van der Waals surface area (Å²) in [4.78, 5) is 119. The highest BCUT2D eigenvalue weighted by molar-refractivity contribution is 6.31. The molecule has 2 fully saturated rings. The first-order chi connectivity index (χ1) is 55.8.